The molecule has 122 valence electrons. The van der Waals surface area contributed by atoms with Crippen molar-refractivity contribution in [3.63, 3.8) is 0 Å². The van der Waals surface area contributed by atoms with Crippen molar-refractivity contribution in [3.8, 4) is 0 Å². The van der Waals surface area contributed by atoms with Gasteiger partial charge in [-0.3, -0.25) is 4.99 Å². The molecule has 1 aliphatic carbocycles. The van der Waals surface area contributed by atoms with Crippen molar-refractivity contribution in [1.82, 2.24) is 10.6 Å². The quantitative estimate of drug-likeness (QED) is 0.441. The number of nitrogens with one attached hydrogen (secondary N) is 2. The average molecular weight is 303 g/mol. The summed E-state index contributed by atoms with van der Waals surface area (Å²) in [6, 6.07) is 10.9. The third kappa shape index (κ3) is 5.68. The van der Waals surface area contributed by atoms with E-state index in [0.29, 0.717) is 12.0 Å². The van der Waals surface area contributed by atoms with Crippen LogP contribution in [0.4, 0.5) is 0 Å². The predicted molar refractivity (Wildman–Crippen MR) is 92.4 cm³/mol. The molecule has 2 atom stereocenters. The van der Waals surface area contributed by atoms with Crippen molar-refractivity contribution in [1.29, 1.82) is 0 Å². The van der Waals surface area contributed by atoms with Crippen LogP contribution in [-0.4, -0.2) is 38.8 Å². The highest BCUT2D eigenvalue weighted by Crippen LogP contribution is 2.28. The number of rotatable bonds is 8. The number of hydrogen-bond donors (Lipinski definition) is 2. The maximum atomic E-state index is 5.63. The topological polar surface area (TPSA) is 45.7 Å². The predicted octanol–water partition coefficient (Wildman–Crippen LogP) is 2.77. The summed E-state index contributed by atoms with van der Waals surface area (Å²) in [5.74, 6) is 2.08. The van der Waals surface area contributed by atoms with E-state index >= 15 is 0 Å². The first-order chi connectivity index (χ1) is 10.7. The SMILES string of the molecule is CN=C(NCCOCC1CC1)NC(C)C(C)c1ccccc1. The molecule has 1 aliphatic rings. The van der Waals surface area contributed by atoms with Gasteiger partial charge in [0.15, 0.2) is 5.96 Å². The third-order valence-corrected chi connectivity index (χ3v) is 4.25. The lowest BCUT2D eigenvalue weighted by atomic mass is 9.94. The Morgan fingerprint density at radius 2 is 2.00 bits per heavy atom. The zero-order valence-corrected chi connectivity index (χ0v) is 14.0. The molecule has 0 heterocycles. The zero-order chi connectivity index (χ0) is 15.8. The van der Waals surface area contributed by atoms with Gasteiger partial charge in [-0.05, 0) is 31.2 Å². The lowest BCUT2D eigenvalue weighted by Crippen LogP contribution is -2.45. The molecule has 0 spiro atoms. The van der Waals surface area contributed by atoms with E-state index in [1.54, 1.807) is 7.05 Å². The number of ether oxygens (including phenoxy) is 1. The molecular formula is C18H29N3O. The van der Waals surface area contributed by atoms with Crippen molar-refractivity contribution in [2.24, 2.45) is 10.9 Å². The van der Waals surface area contributed by atoms with Gasteiger partial charge < -0.3 is 15.4 Å². The Labute approximate surface area is 134 Å². The van der Waals surface area contributed by atoms with Gasteiger partial charge in [0.25, 0.3) is 0 Å². The molecule has 4 heteroatoms. The van der Waals surface area contributed by atoms with Crippen LogP contribution in [0.5, 0.6) is 0 Å². The molecule has 2 rings (SSSR count). The van der Waals surface area contributed by atoms with Crippen molar-refractivity contribution >= 4 is 5.96 Å². The number of benzene rings is 1. The van der Waals surface area contributed by atoms with Crippen LogP contribution in [0.2, 0.25) is 0 Å². The maximum absolute atomic E-state index is 5.63. The smallest absolute Gasteiger partial charge is 0.191 e. The average Bonchev–Trinajstić information content (AvgIpc) is 3.37. The molecule has 4 nitrogen and oxygen atoms in total. The standard InChI is InChI=1S/C18H29N3O/c1-14(17-7-5-4-6-8-17)15(2)21-18(19-3)20-11-12-22-13-16-9-10-16/h4-8,14-16H,9-13H2,1-3H3,(H2,19,20,21). The second kappa shape index (κ2) is 8.79. The fourth-order valence-electron chi connectivity index (χ4n) is 2.36. The van der Waals surface area contributed by atoms with Crippen LogP contribution in [0.1, 0.15) is 38.2 Å². The summed E-state index contributed by atoms with van der Waals surface area (Å²) < 4.78 is 5.63. The highest BCUT2D eigenvalue weighted by Gasteiger charge is 2.21. The van der Waals surface area contributed by atoms with Gasteiger partial charge in [-0.15, -0.1) is 0 Å². The van der Waals surface area contributed by atoms with E-state index in [1.165, 1.54) is 18.4 Å². The van der Waals surface area contributed by atoms with E-state index in [1.807, 2.05) is 0 Å². The molecule has 2 N–H and O–H groups in total. The molecule has 1 aromatic rings. The van der Waals surface area contributed by atoms with Crippen LogP contribution in [0.3, 0.4) is 0 Å². The molecule has 0 bridgehead atoms. The first-order valence-corrected chi connectivity index (χ1v) is 8.30. The van der Waals surface area contributed by atoms with Crippen LogP contribution >= 0.6 is 0 Å². The maximum Gasteiger partial charge on any atom is 0.191 e. The Morgan fingerprint density at radius 3 is 2.64 bits per heavy atom. The number of hydrogen-bond acceptors (Lipinski definition) is 2. The van der Waals surface area contributed by atoms with Crippen LogP contribution in [0.15, 0.2) is 35.3 Å². The number of guanidine groups is 1. The van der Waals surface area contributed by atoms with E-state index in [0.717, 1.165) is 31.6 Å². The molecule has 1 saturated carbocycles. The van der Waals surface area contributed by atoms with Crippen molar-refractivity contribution in [3.05, 3.63) is 35.9 Å². The van der Waals surface area contributed by atoms with Gasteiger partial charge in [-0.2, -0.15) is 0 Å². The lowest BCUT2D eigenvalue weighted by Gasteiger charge is -2.24. The van der Waals surface area contributed by atoms with Crippen molar-refractivity contribution in [2.45, 2.75) is 38.6 Å². The first-order valence-electron chi connectivity index (χ1n) is 8.30. The minimum atomic E-state index is 0.306. The Bertz CT molecular complexity index is 457. The van der Waals surface area contributed by atoms with E-state index in [2.05, 4.69) is 59.8 Å². The van der Waals surface area contributed by atoms with Crippen molar-refractivity contribution in [2.75, 3.05) is 26.8 Å². The van der Waals surface area contributed by atoms with E-state index in [9.17, 15) is 0 Å². The molecule has 1 aromatic carbocycles. The number of nitrogens with zero attached hydrogens (tertiary/aromatic N) is 1. The lowest BCUT2D eigenvalue weighted by molar-refractivity contribution is 0.129. The van der Waals surface area contributed by atoms with Gasteiger partial charge >= 0.3 is 0 Å². The van der Waals surface area contributed by atoms with Crippen LogP contribution in [0, 0.1) is 5.92 Å². The summed E-state index contributed by atoms with van der Waals surface area (Å²) in [6.07, 6.45) is 2.68. The summed E-state index contributed by atoms with van der Waals surface area (Å²) in [4.78, 5) is 4.29. The molecule has 22 heavy (non-hydrogen) atoms. The Morgan fingerprint density at radius 1 is 1.27 bits per heavy atom. The Balaban J connectivity index is 1.69. The number of aliphatic imine (C=N–C) groups is 1. The minimum absolute atomic E-state index is 0.306. The van der Waals surface area contributed by atoms with Crippen LogP contribution in [0.25, 0.3) is 0 Å². The monoisotopic (exact) mass is 303 g/mol. The van der Waals surface area contributed by atoms with Gasteiger partial charge in [0.05, 0.1) is 6.61 Å². The molecular weight excluding hydrogens is 274 g/mol. The fourth-order valence-corrected chi connectivity index (χ4v) is 2.36. The second-order valence-corrected chi connectivity index (χ2v) is 6.15. The third-order valence-electron chi connectivity index (χ3n) is 4.25. The minimum Gasteiger partial charge on any atom is -0.379 e. The second-order valence-electron chi connectivity index (χ2n) is 6.15. The molecule has 1 fully saturated rings. The molecule has 0 aliphatic heterocycles. The first kappa shape index (κ1) is 16.8. The van der Waals surface area contributed by atoms with Gasteiger partial charge in [-0.1, -0.05) is 37.3 Å². The normalized spacial score (nSPS) is 17.9. The van der Waals surface area contributed by atoms with Gasteiger partial charge in [0, 0.05) is 32.2 Å². The van der Waals surface area contributed by atoms with Crippen LogP contribution in [-0.2, 0) is 4.74 Å². The highest BCUT2D eigenvalue weighted by molar-refractivity contribution is 5.80. The molecule has 0 radical (unpaired) electrons. The van der Waals surface area contributed by atoms with Gasteiger partial charge in [0.1, 0.15) is 0 Å². The summed E-state index contributed by atoms with van der Waals surface area (Å²) >= 11 is 0. The summed E-state index contributed by atoms with van der Waals surface area (Å²) in [5, 5.41) is 6.77. The fraction of sp³-hybridized carbons (Fsp3) is 0.611. The van der Waals surface area contributed by atoms with Gasteiger partial charge in [0.2, 0.25) is 0 Å². The molecule has 2 unspecified atom stereocenters. The Hall–Kier alpha value is -1.55. The Kier molecular flexibility index (Phi) is 6.72. The van der Waals surface area contributed by atoms with Crippen molar-refractivity contribution < 1.29 is 4.74 Å². The summed E-state index contributed by atoms with van der Waals surface area (Å²) in [5.41, 5.74) is 1.34. The van der Waals surface area contributed by atoms with E-state index in [4.69, 9.17) is 4.74 Å². The largest absolute Gasteiger partial charge is 0.379 e. The van der Waals surface area contributed by atoms with E-state index in [-0.39, 0.29) is 0 Å². The highest BCUT2D eigenvalue weighted by atomic mass is 16.5. The van der Waals surface area contributed by atoms with Gasteiger partial charge in [-0.25, -0.2) is 0 Å². The molecule has 0 saturated heterocycles. The zero-order valence-electron chi connectivity index (χ0n) is 14.0. The van der Waals surface area contributed by atoms with E-state index < -0.39 is 0 Å². The molecule has 0 amide bonds. The molecule has 0 aromatic heterocycles. The summed E-state index contributed by atoms with van der Waals surface area (Å²) in [7, 11) is 1.81. The summed E-state index contributed by atoms with van der Waals surface area (Å²) in [6.45, 7) is 6.86. The van der Waals surface area contributed by atoms with Crippen LogP contribution < -0.4 is 10.6 Å².